The van der Waals surface area contributed by atoms with Gasteiger partial charge in [-0.05, 0) is 0 Å². The zero-order valence-corrected chi connectivity index (χ0v) is 7.57. The summed E-state index contributed by atoms with van der Waals surface area (Å²) in [6, 6.07) is 0. The van der Waals surface area contributed by atoms with Crippen molar-refractivity contribution in [2.24, 2.45) is 0 Å². The van der Waals surface area contributed by atoms with Crippen LogP contribution >= 0.6 is 0 Å². The fraction of sp³-hybridized carbons (Fsp3) is 0.125. The maximum absolute atomic E-state index is 10.7. The van der Waals surface area contributed by atoms with Crippen molar-refractivity contribution in [2.45, 2.75) is 5.54 Å². The summed E-state index contributed by atoms with van der Waals surface area (Å²) in [5.41, 5.74) is -0.595. The fourth-order valence-electron chi connectivity index (χ4n) is 0.851. The highest BCUT2D eigenvalue weighted by Crippen LogP contribution is 2.07. The minimum Gasteiger partial charge on any atom is -0.392 e. The van der Waals surface area contributed by atoms with Crippen LogP contribution in [0.25, 0.3) is 0 Å². The van der Waals surface area contributed by atoms with Gasteiger partial charge in [-0.25, -0.2) is 0 Å². The van der Waals surface area contributed by atoms with Crippen molar-refractivity contribution < 1.29 is 4.79 Å². The predicted octanol–water partition coefficient (Wildman–Crippen LogP) is 0.0117. The van der Waals surface area contributed by atoms with Gasteiger partial charge in [0.05, 0.1) is 5.54 Å². The molecule has 0 aromatic carbocycles. The molecule has 0 atom stereocenters. The molecule has 0 aromatic rings. The van der Waals surface area contributed by atoms with Crippen molar-refractivity contribution >= 4 is 22.8 Å². The van der Waals surface area contributed by atoms with E-state index in [-0.39, 0.29) is 0 Å². The van der Waals surface area contributed by atoms with Gasteiger partial charge < -0.3 is 9.09 Å². The molecular formula is C8H9AlNO. The summed E-state index contributed by atoms with van der Waals surface area (Å²) < 4.78 is 2.95. The highest BCUT2D eigenvalue weighted by Gasteiger charge is 2.18. The summed E-state index contributed by atoms with van der Waals surface area (Å²) in [6.07, 6.45) is 12.0. The number of hydrogen-bond donors (Lipinski definition) is 1. The molecule has 3 heteroatoms. The lowest BCUT2D eigenvalue weighted by Crippen LogP contribution is -2.41. The first-order valence-electron chi connectivity index (χ1n) is 3.37. The van der Waals surface area contributed by atoms with E-state index in [1.165, 1.54) is 0 Å². The number of nitrogens with one attached hydrogen (secondary N) is 1. The van der Waals surface area contributed by atoms with Crippen molar-refractivity contribution in [1.82, 2.24) is 4.30 Å². The van der Waals surface area contributed by atoms with Crippen LogP contribution in [0.15, 0.2) is 36.5 Å². The molecule has 1 radical (unpaired) electrons. The van der Waals surface area contributed by atoms with Crippen molar-refractivity contribution in [3.8, 4) is 0 Å². The monoisotopic (exact) mass is 162 g/mol. The zero-order valence-electron chi connectivity index (χ0n) is 6.16. The third-order valence-corrected chi connectivity index (χ3v) is 2.19. The number of aldehydes is 1. The highest BCUT2D eigenvalue weighted by atomic mass is 27.1. The first-order valence-corrected chi connectivity index (χ1v) is 4.08. The van der Waals surface area contributed by atoms with Crippen molar-refractivity contribution in [3.05, 3.63) is 36.5 Å². The summed E-state index contributed by atoms with van der Waals surface area (Å²) >= 11 is 1.57. The van der Waals surface area contributed by atoms with Gasteiger partial charge in [0.15, 0.2) is 0 Å². The minimum absolute atomic E-state index is 0.595. The van der Waals surface area contributed by atoms with Crippen LogP contribution in [-0.4, -0.2) is 28.3 Å². The molecule has 0 spiro atoms. The van der Waals surface area contributed by atoms with Crippen LogP contribution in [-0.2, 0) is 4.79 Å². The molecule has 0 aliphatic heterocycles. The molecule has 0 unspecified atom stereocenters. The number of hydrogen-bond acceptors (Lipinski definition) is 2. The number of carbonyl (C=O) groups is 1. The Labute approximate surface area is 74.3 Å². The van der Waals surface area contributed by atoms with Gasteiger partial charge in [0.2, 0.25) is 0 Å². The predicted molar refractivity (Wildman–Crippen MR) is 46.5 cm³/mol. The Morgan fingerprint density at radius 1 is 1.18 bits per heavy atom. The van der Waals surface area contributed by atoms with E-state index < -0.39 is 5.54 Å². The zero-order chi connectivity index (χ0) is 8.16. The molecule has 11 heavy (non-hydrogen) atoms. The molecule has 0 heterocycles. The van der Waals surface area contributed by atoms with Crippen LogP contribution in [0.3, 0.4) is 0 Å². The molecule has 1 N–H and O–H groups in total. The van der Waals surface area contributed by atoms with Crippen molar-refractivity contribution in [2.75, 3.05) is 0 Å². The van der Waals surface area contributed by atoms with E-state index in [0.717, 1.165) is 6.29 Å². The van der Waals surface area contributed by atoms with Gasteiger partial charge in [0.25, 0.3) is 16.5 Å². The normalized spacial score (nSPS) is 19.6. The molecule has 0 bridgehead atoms. The Bertz CT molecular complexity index is 214. The van der Waals surface area contributed by atoms with Gasteiger partial charge in [-0.1, -0.05) is 36.5 Å². The molecular weight excluding hydrogens is 153 g/mol. The summed E-state index contributed by atoms with van der Waals surface area (Å²) in [5.74, 6) is 0. The second-order valence-corrected chi connectivity index (χ2v) is 2.68. The Kier molecular flexibility index (Phi) is 2.84. The molecule has 55 valence electrons. The quantitative estimate of drug-likeness (QED) is 0.458. The molecule has 0 saturated carbocycles. The van der Waals surface area contributed by atoms with E-state index in [1.807, 2.05) is 36.5 Å². The minimum atomic E-state index is -0.595. The molecule has 0 amide bonds. The second-order valence-electron chi connectivity index (χ2n) is 2.33. The lowest BCUT2D eigenvalue weighted by Gasteiger charge is -2.19. The number of allylic oxidation sites excluding steroid dienone is 4. The summed E-state index contributed by atoms with van der Waals surface area (Å²) in [6.45, 7) is 0. The third-order valence-electron chi connectivity index (χ3n) is 1.58. The van der Waals surface area contributed by atoms with E-state index in [9.17, 15) is 4.79 Å². The summed E-state index contributed by atoms with van der Waals surface area (Å²) in [4.78, 5) is 10.7. The Hall–Kier alpha value is -0.618. The molecule has 1 rings (SSSR count). The van der Waals surface area contributed by atoms with Gasteiger partial charge >= 0.3 is 0 Å². The van der Waals surface area contributed by atoms with Gasteiger partial charge in [-0.3, -0.25) is 0 Å². The van der Waals surface area contributed by atoms with Crippen LogP contribution in [0.1, 0.15) is 0 Å². The Morgan fingerprint density at radius 2 is 1.73 bits per heavy atom. The third kappa shape index (κ3) is 1.91. The average Bonchev–Trinajstić information content (AvgIpc) is 2.30. The summed E-state index contributed by atoms with van der Waals surface area (Å²) in [5, 5.41) is 0. The van der Waals surface area contributed by atoms with Crippen LogP contribution < -0.4 is 4.30 Å². The van der Waals surface area contributed by atoms with E-state index >= 15 is 0 Å². The van der Waals surface area contributed by atoms with Gasteiger partial charge in [-0.2, -0.15) is 0 Å². The van der Waals surface area contributed by atoms with Gasteiger partial charge in [0, 0.05) is 0 Å². The number of rotatable bonds is 2. The maximum Gasteiger partial charge on any atom is 0.292 e. The van der Waals surface area contributed by atoms with E-state index in [4.69, 9.17) is 0 Å². The molecule has 0 aromatic heterocycles. The first-order chi connectivity index (χ1) is 5.33. The van der Waals surface area contributed by atoms with Crippen LogP contribution in [0.2, 0.25) is 0 Å². The molecule has 0 saturated heterocycles. The maximum atomic E-state index is 10.7. The molecule has 1 aliphatic carbocycles. The number of carbonyl (C=O) groups excluding carboxylic acids is 1. The van der Waals surface area contributed by atoms with Crippen molar-refractivity contribution in [3.63, 3.8) is 0 Å². The lowest BCUT2D eigenvalue weighted by molar-refractivity contribution is -0.110. The molecule has 1 aliphatic rings. The fourth-order valence-corrected chi connectivity index (χ4v) is 1.17. The average molecular weight is 162 g/mol. The molecule has 0 fully saturated rings. The SMILES string of the molecule is O=CC1([NH][AlH])C=CC=CC=C1. The second kappa shape index (κ2) is 3.68. The summed E-state index contributed by atoms with van der Waals surface area (Å²) in [7, 11) is 0. The van der Waals surface area contributed by atoms with Crippen LogP contribution in [0.5, 0.6) is 0 Å². The first kappa shape index (κ1) is 8.48. The van der Waals surface area contributed by atoms with E-state index in [2.05, 4.69) is 4.30 Å². The standard InChI is InChI=1S/C8H8NO.Al.H/c9-8(7-10)5-3-1-2-4-6-8;;/h1-7,9H;;/q-1;+1;. The van der Waals surface area contributed by atoms with E-state index in [0.29, 0.717) is 0 Å². The molecule has 2 nitrogen and oxygen atoms in total. The highest BCUT2D eigenvalue weighted by molar-refractivity contribution is 6.07. The largest absolute Gasteiger partial charge is 0.392 e. The Morgan fingerprint density at radius 3 is 2.09 bits per heavy atom. The van der Waals surface area contributed by atoms with Crippen LogP contribution in [0.4, 0.5) is 0 Å². The van der Waals surface area contributed by atoms with Gasteiger partial charge in [0.1, 0.15) is 6.29 Å². The smallest absolute Gasteiger partial charge is 0.292 e. The van der Waals surface area contributed by atoms with Crippen LogP contribution in [0, 0.1) is 0 Å². The van der Waals surface area contributed by atoms with Gasteiger partial charge in [-0.15, -0.1) is 0 Å². The topological polar surface area (TPSA) is 29.1 Å². The Balaban J connectivity index is 2.92. The van der Waals surface area contributed by atoms with Crippen molar-refractivity contribution in [1.29, 1.82) is 0 Å². The van der Waals surface area contributed by atoms with E-state index in [1.54, 1.807) is 16.5 Å². The lowest BCUT2D eigenvalue weighted by atomic mass is 10.0.